The Bertz CT molecular complexity index is 905. The van der Waals surface area contributed by atoms with E-state index in [1.165, 1.54) is 22.7 Å². The van der Waals surface area contributed by atoms with E-state index >= 15 is 0 Å². The molecule has 0 N–H and O–H groups in total. The molecular formula is C21H28N2O4S2. The monoisotopic (exact) mass is 436 g/mol. The molecule has 2 aromatic rings. The van der Waals surface area contributed by atoms with Gasteiger partial charge in [0.1, 0.15) is 9.96 Å². The molecule has 1 aromatic carbocycles. The fraction of sp³-hybridized carbons (Fsp3) is 0.476. The molecule has 0 atom stereocenters. The zero-order valence-corrected chi connectivity index (χ0v) is 18.7. The number of carbonyl (C=O) groups excluding carboxylic acids is 1. The number of nitrogens with zero attached hydrogens (tertiary/aromatic N) is 2. The lowest BCUT2D eigenvalue weighted by Gasteiger charge is -2.23. The van der Waals surface area contributed by atoms with Crippen LogP contribution in [0, 0.1) is 5.92 Å². The van der Waals surface area contributed by atoms with E-state index in [1.807, 2.05) is 4.90 Å². The van der Waals surface area contributed by atoms with Crippen LogP contribution in [0.25, 0.3) is 0 Å². The molecule has 0 aliphatic heterocycles. The van der Waals surface area contributed by atoms with Gasteiger partial charge >= 0.3 is 0 Å². The lowest BCUT2D eigenvalue weighted by molar-refractivity contribution is -0.134. The molecule has 1 amide bonds. The zero-order valence-electron chi connectivity index (χ0n) is 17.1. The van der Waals surface area contributed by atoms with Gasteiger partial charge in [-0.3, -0.25) is 9.10 Å². The second kappa shape index (κ2) is 9.17. The fourth-order valence-corrected chi connectivity index (χ4v) is 5.32. The van der Waals surface area contributed by atoms with Gasteiger partial charge in [0.2, 0.25) is 0 Å². The summed E-state index contributed by atoms with van der Waals surface area (Å²) in [6.07, 6.45) is 3.13. The molecule has 1 aromatic heterocycles. The van der Waals surface area contributed by atoms with Gasteiger partial charge < -0.3 is 9.64 Å². The maximum Gasteiger partial charge on any atom is 0.273 e. The van der Waals surface area contributed by atoms with Crippen molar-refractivity contribution in [3.05, 3.63) is 41.8 Å². The molecule has 8 heteroatoms. The van der Waals surface area contributed by atoms with Gasteiger partial charge in [0, 0.05) is 19.6 Å². The second-order valence-electron chi connectivity index (χ2n) is 7.69. The minimum absolute atomic E-state index is 0.00270. The Balaban J connectivity index is 1.58. The molecule has 6 nitrogen and oxygen atoms in total. The molecule has 3 rings (SSSR count). The van der Waals surface area contributed by atoms with E-state index in [4.69, 9.17) is 4.74 Å². The van der Waals surface area contributed by atoms with Crippen LogP contribution in [-0.4, -0.2) is 45.5 Å². The van der Waals surface area contributed by atoms with Crippen LogP contribution in [0.15, 0.2) is 46.0 Å². The summed E-state index contributed by atoms with van der Waals surface area (Å²) in [5.41, 5.74) is 0.536. The Labute approximate surface area is 177 Å². The molecule has 0 spiro atoms. The van der Waals surface area contributed by atoms with Crippen molar-refractivity contribution >= 4 is 33.0 Å². The number of rotatable bonds is 10. The third kappa shape index (κ3) is 5.51. The van der Waals surface area contributed by atoms with E-state index in [0.29, 0.717) is 27.6 Å². The first-order valence-corrected chi connectivity index (χ1v) is 12.2. The molecule has 0 unspecified atom stereocenters. The molecule has 1 aliphatic rings. The van der Waals surface area contributed by atoms with Crippen molar-refractivity contribution in [2.75, 3.05) is 24.5 Å². The largest absolute Gasteiger partial charge is 0.484 e. The topological polar surface area (TPSA) is 66.9 Å². The van der Waals surface area contributed by atoms with Crippen molar-refractivity contribution in [3.63, 3.8) is 0 Å². The minimum atomic E-state index is -3.56. The van der Waals surface area contributed by atoms with E-state index in [0.717, 1.165) is 25.8 Å². The highest BCUT2D eigenvalue weighted by molar-refractivity contribution is 7.94. The molecule has 0 bridgehead atoms. The molecule has 1 heterocycles. The fourth-order valence-electron chi connectivity index (χ4n) is 2.96. The van der Waals surface area contributed by atoms with Crippen molar-refractivity contribution in [1.29, 1.82) is 0 Å². The van der Waals surface area contributed by atoms with Gasteiger partial charge in [0.15, 0.2) is 6.61 Å². The molecule has 0 radical (unpaired) electrons. The number of sulfonamides is 1. The quantitative estimate of drug-likeness (QED) is 0.565. The van der Waals surface area contributed by atoms with Crippen LogP contribution in [0.3, 0.4) is 0 Å². The third-order valence-electron chi connectivity index (χ3n) is 4.93. The Morgan fingerprint density at radius 1 is 1.21 bits per heavy atom. The van der Waals surface area contributed by atoms with Crippen molar-refractivity contribution < 1.29 is 17.9 Å². The molecule has 158 valence electrons. The standard InChI is InChI=1S/C21H28N2O4S2/c1-16(2)12-13-23(18-6-7-18)20(24)15-27-19-10-8-17(9-11-19)22(3)29(25,26)21-5-4-14-28-21/h4-5,8-11,14,16,18H,6-7,12-13,15H2,1-3H3. The maximum atomic E-state index is 12.6. The number of anilines is 1. The number of benzene rings is 1. The van der Waals surface area contributed by atoms with Crippen molar-refractivity contribution in [2.24, 2.45) is 5.92 Å². The maximum absolute atomic E-state index is 12.6. The summed E-state index contributed by atoms with van der Waals surface area (Å²) in [5, 5.41) is 1.74. The average Bonchev–Trinajstić information content (AvgIpc) is 3.37. The summed E-state index contributed by atoms with van der Waals surface area (Å²) in [4.78, 5) is 14.5. The summed E-state index contributed by atoms with van der Waals surface area (Å²) >= 11 is 1.19. The molecule has 0 saturated heterocycles. The van der Waals surface area contributed by atoms with Gasteiger partial charge in [-0.25, -0.2) is 8.42 Å². The first kappa shape index (κ1) is 21.6. The van der Waals surface area contributed by atoms with Crippen molar-refractivity contribution in [1.82, 2.24) is 4.90 Å². The van der Waals surface area contributed by atoms with E-state index in [9.17, 15) is 13.2 Å². The Hall–Kier alpha value is -2.06. The van der Waals surface area contributed by atoms with E-state index in [1.54, 1.807) is 41.8 Å². The first-order chi connectivity index (χ1) is 13.8. The van der Waals surface area contributed by atoms with E-state index in [2.05, 4.69) is 13.8 Å². The number of carbonyl (C=O) groups is 1. The highest BCUT2D eigenvalue weighted by atomic mass is 32.2. The minimum Gasteiger partial charge on any atom is -0.484 e. The van der Waals surface area contributed by atoms with Crippen LogP contribution in [0.4, 0.5) is 5.69 Å². The molecule has 1 fully saturated rings. The van der Waals surface area contributed by atoms with Crippen molar-refractivity contribution in [2.45, 2.75) is 43.4 Å². The summed E-state index contributed by atoms with van der Waals surface area (Å²) in [6, 6.07) is 10.4. The summed E-state index contributed by atoms with van der Waals surface area (Å²) in [5.74, 6) is 1.11. The van der Waals surface area contributed by atoms with Crippen LogP contribution in [0.5, 0.6) is 5.75 Å². The van der Waals surface area contributed by atoms with Crippen LogP contribution in [-0.2, 0) is 14.8 Å². The lowest BCUT2D eigenvalue weighted by Crippen LogP contribution is -2.37. The molecular weight excluding hydrogens is 408 g/mol. The number of hydrogen-bond acceptors (Lipinski definition) is 5. The van der Waals surface area contributed by atoms with Crippen LogP contribution in [0.2, 0.25) is 0 Å². The summed E-state index contributed by atoms with van der Waals surface area (Å²) < 4.78 is 32.4. The Morgan fingerprint density at radius 3 is 2.45 bits per heavy atom. The predicted octanol–water partition coefficient (Wildman–Crippen LogP) is 3.99. The van der Waals surface area contributed by atoms with E-state index < -0.39 is 10.0 Å². The van der Waals surface area contributed by atoms with Crippen LogP contribution < -0.4 is 9.04 Å². The first-order valence-electron chi connectivity index (χ1n) is 9.84. The van der Waals surface area contributed by atoms with E-state index in [-0.39, 0.29) is 12.5 Å². The lowest BCUT2D eigenvalue weighted by atomic mass is 10.1. The summed E-state index contributed by atoms with van der Waals surface area (Å²) in [7, 11) is -2.04. The number of ether oxygens (including phenoxy) is 1. The Kier molecular flexibility index (Phi) is 6.85. The van der Waals surface area contributed by atoms with Gasteiger partial charge in [0.25, 0.3) is 15.9 Å². The Morgan fingerprint density at radius 2 is 1.90 bits per heavy atom. The smallest absolute Gasteiger partial charge is 0.273 e. The van der Waals surface area contributed by atoms with Crippen molar-refractivity contribution in [3.8, 4) is 5.75 Å². The highest BCUT2D eigenvalue weighted by Gasteiger charge is 2.32. The van der Waals surface area contributed by atoms with Gasteiger partial charge in [-0.1, -0.05) is 19.9 Å². The predicted molar refractivity (Wildman–Crippen MR) is 116 cm³/mol. The van der Waals surface area contributed by atoms with Gasteiger partial charge in [-0.2, -0.15) is 0 Å². The SMILES string of the molecule is CC(C)CCN(C(=O)COc1ccc(N(C)S(=O)(=O)c2cccs2)cc1)C1CC1. The normalized spacial score (nSPS) is 14.1. The highest BCUT2D eigenvalue weighted by Crippen LogP contribution is 2.28. The third-order valence-corrected chi connectivity index (χ3v) is 8.09. The second-order valence-corrected chi connectivity index (χ2v) is 10.8. The molecule has 29 heavy (non-hydrogen) atoms. The van der Waals surface area contributed by atoms with Gasteiger partial charge in [-0.05, 0) is 60.9 Å². The average molecular weight is 437 g/mol. The summed E-state index contributed by atoms with van der Waals surface area (Å²) in [6.45, 7) is 5.08. The van der Waals surface area contributed by atoms with Crippen LogP contribution in [0.1, 0.15) is 33.1 Å². The number of amides is 1. The van der Waals surface area contributed by atoms with Gasteiger partial charge in [0.05, 0.1) is 5.69 Å². The molecule has 1 aliphatic carbocycles. The van der Waals surface area contributed by atoms with Crippen LogP contribution >= 0.6 is 11.3 Å². The van der Waals surface area contributed by atoms with Gasteiger partial charge in [-0.15, -0.1) is 11.3 Å². The number of thiophene rings is 1. The molecule has 1 saturated carbocycles. The zero-order chi connectivity index (χ0) is 21.0. The number of hydrogen-bond donors (Lipinski definition) is 0.